The summed E-state index contributed by atoms with van der Waals surface area (Å²) in [6.07, 6.45) is 0. The number of nitrogens with one attached hydrogen (secondary N) is 1. The van der Waals surface area contributed by atoms with Crippen molar-refractivity contribution in [3.63, 3.8) is 0 Å². The van der Waals surface area contributed by atoms with Crippen molar-refractivity contribution in [2.75, 3.05) is 0 Å². The molecular formula is C19H19NO2. The topological polar surface area (TPSA) is 53.1 Å². The summed E-state index contributed by atoms with van der Waals surface area (Å²) in [4.78, 5) is 13.9. The van der Waals surface area contributed by atoms with E-state index in [4.69, 9.17) is 5.11 Å². The number of carboxylic acids is 1. The lowest BCUT2D eigenvalue weighted by Crippen LogP contribution is -2.10. The maximum atomic E-state index is 11.0. The van der Waals surface area contributed by atoms with E-state index in [-0.39, 0.29) is 11.1 Å². The van der Waals surface area contributed by atoms with Crippen LogP contribution in [-0.4, -0.2) is 16.1 Å². The first kappa shape index (κ1) is 14.4. The fourth-order valence-corrected chi connectivity index (χ4v) is 2.59. The zero-order valence-electron chi connectivity index (χ0n) is 13.0. The van der Waals surface area contributed by atoms with E-state index in [0.717, 1.165) is 22.0 Å². The molecule has 0 aliphatic carbocycles. The highest BCUT2D eigenvalue weighted by atomic mass is 16.4. The van der Waals surface area contributed by atoms with Crippen LogP contribution in [0.4, 0.5) is 0 Å². The summed E-state index contributed by atoms with van der Waals surface area (Å²) in [7, 11) is 0. The fraction of sp³-hybridized carbons (Fsp3) is 0.211. The third kappa shape index (κ3) is 2.62. The third-order valence-corrected chi connectivity index (χ3v) is 3.94. The van der Waals surface area contributed by atoms with E-state index in [2.05, 4.69) is 50.0 Å². The summed E-state index contributed by atoms with van der Waals surface area (Å²) in [5.74, 6) is -0.938. The van der Waals surface area contributed by atoms with Gasteiger partial charge in [-0.1, -0.05) is 51.1 Å². The molecule has 2 N–H and O–H groups in total. The minimum Gasteiger partial charge on any atom is -0.477 e. The number of fused-ring (bicyclic) bond motifs is 1. The van der Waals surface area contributed by atoms with E-state index in [1.54, 1.807) is 6.07 Å². The van der Waals surface area contributed by atoms with E-state index in [1.807, 2.05) is 18.2 Å². The number of aromatic amines is 1. The van der Waals surface area contributed by atoms with E-state index < -0.39 is 5.97 Å². The Balaban J connectivity index is 2.01. The lowest BCUT2D eigenvalue weighted by atomic mass is 9.86. The molecular weight excluding hydrogens is 274 g/mol. The average molecular weight is 293 g/mol. The van der Waals surface area contributed by atoms with Crippen LogP contribution < -0.4 is 0 Å². The van der Waals surface area contributed by atoms with E-state index in [0.29, 0.717) is 0 Å². The molecule has 22 heavy (non-hydrogen) atoms. The van der Waals surface area contributed by atoms with Gasteiger partial charge >= 0.3 is 5.97 Å². The summed E-state index contributed by atoms with van der Waals surface area (Å²) in [6, 6.07) is 16.2. The second kappa shape index (κ2) is 5.02. The maximum absolute atomic E-state index is 11.0. The van der Waals surface area contributed by atoms with Gasteiger partial charge < -0.3 is 10.1 Å². The minimum atomic E-state index is -0.938. The summed E-state index contributed by atoms with van der Waals surface area (Å²) in [5.41, 5.74) is 4.71. The van der Waals surface area contributed by atoms with Gasteiger partial charge in [-0.25, -0.2) is 4.79 Å². The number of carbonyl (C=O) groups is 1. The van der Waals surface area contributed by atoms with E-state index in [1.165, 1.54) is 5.56 Å². The van der Waals surface area contributed by atoms with E-state index >= 15 is 0 Å². The molecule has 0 unspecified atom stereocenters. The molecule has 0 fully saturated rings. The van der Waals surface area contributed by atoms with Crippen molar-refractivity contribution in [1.29, 1.82) is 0 Å². The molecule has 0 spiro atoms. The van der Waals surface area contributed by atoms with Gasteiger partial charge in [-0.05, 0) is 40.3 Å². The van der Waals surface area contributed by atoms with Crippen molar-refractivity contribution >= 4 is 16.9 Å². The Morgan fingerprint density at radius 3 is 2.18 bits per heavy atom. The van der Waals surface area contributed by atoms with Crippen molar-refractivity contribution in [3.05, 3.63) is 59.8 Å². The predicted octanol–water partition coefficient (Wildman–Crippen LogP) is 4.83. The summed E-state index contributed by atoms with van der Waals surface area (Å²) in [5, 5.41) is 9.96. The summed E-state index contributed by atoms with van der Waals surface area (Å²) >= 11 is 0. The standard InChI is InChI=1S/C19H19NO2/c1-19(2,3)15-7-4-12(5-8-15)13-6-9-16-14(10-13)11-17(20-16)18(21)22/h4-11,20H,1-3H3,(H,21,22). The molecule has 0 saturated carbocycles. The monoisotopic (exact) mass is 293 g/mol. The van der Waals surface area contributed by atoms with Crippen LogP contribution in [0.2, 0.25) is 0 Å². The van der Waals surface area contributed by atoms with Gasteiger partial charge in [0.15, 0.2) is 0 Å². The summed E-state index contributed by atoms with van der Waals surface area (Å²) in [6.45, 7) is 6.59. The smallest absolute Gasteiger partial charge is 0.352 e. The Morgan fingerprint density at radius 2 is 1.59 bits per heavy atom. The van der Waals surface area contributed by atoms with Crippen LogP contribution in [0.5, 0.6) is 0 Å². The first-order valence-electron chi connectivity index (χ1n) is 7.31. The molecule has 0 atom stereocenters. The van der Waals surface area contributed by atoms with Gasteiger partial charge in [-0.2, -0.15) is 0 Å². The van der Waals surface area contributed by atoms with Crippen molar-refractivity contribution in [3.8, 4) is 11.1 Å². The number of rotatable bonds is 2. The molecule has 0 radical (unpaired) electrons. The summed E-state index contributed by atoms with van der Waals surface area (Å²) < 4.78 is 0. The molecule has 0 aliphatic rings. The van der Waals surface area contributed by atoms with Crippen LogP contribution in [0.15, 0.2) is 48.5 Å². The second-order valence-electron chi connectivity index (χ2n) is 6.62. The lowest BCUT2D eigenvalue weighted by Gasteiger charge is -2.19. The van der Waals surface area contributed by atoms with Crippen molar-refractivity contribution in [2.24, 2.45) is 0 Å². The van der Waals surface area contributed by atoms with Gasteiger partial charge in [-0.15, -0.1) is 0 Å². The number of aromatic carboxylic acids is 1. The number of benzene rings is 2. The molecule has 3 heteroatoms. The molecule has 0 amide bonds. The number of hydrogen-bond donors (Lipinski definition) is 2. The van der Waals surface area contributed by atoms with Gasteiger partial charge in [0.1, 0.15) is 5.69 Å². The Hall–Kier alpha value is -2.55. The molecule has 2 aromatic carbocycles. The lowest BCUT2D eigenvalue weighted by molar-refractivity contribution is 0.0691. The number of aromatic nitrogens is 1. The third-order valence-electron chi connectivity index (χ3n) is 3.94. The zero-order chi connectivity index (χ0) is 15.9. The molecule has 0 bridgehead atoms. The van der Waals surface area contributed by atoms with Gasteiger partial charge in [0.25, 0.3) is 0 Å². The fourth-order valence-electron chi connectivity index (χ4n) is 2.59. The quantitative estimate of drug-likeness (QED) is 0.711. The number of hydrogen-bond acceptors (Lipinski definition) is 1. The highest BCUT2D eigenvalue weighted by molar-refractivity contribution is 5.95. The van der Waals surface area contributed by atoms with Crippen LogP contribution in [0.25, 0.3) is 22.0 Å². The van der Waals surface area contributed by atoms with Crippen LogP contribution >= 0.6 is 0 Å². The predicted molar refractivity (Wildman–Crippen MR) is 89.4 cm³/mol. The Morgan fingerprint density at radius 1 is 0.955 bits per heavy atom. The van der Waals surface area contributed by atoms with Gasteiger partial charge in [0.05, 0.1) is 0 Å². The van der Waals surface area contributed by atoms with Gasteiger partial charge in [0.2, 0.25) is 0 Å². The second-order valence-corrected chi connectivity index (χ2v) is 6.62. The zero-order valence-corrected chi connectivity index (χ0v) is 13.0. The molecule has 3 nitrogen and oxygen atoms in total. The van der Waals surface area contributed by atoms with Crippen molar-refractivity contribution < 1.29 is 9.90 Å². The highest BCUT2D eigenvalue weighted by Gasteiger charge is 2.13. The molecule has 3 aromatic rings. The Kier molecular flexibility index (Phi) is 3.28. The first-order valence-corrected chi connectivity index (χ1v) is 7.31. The van der Waals surface area contributed by atoms with E-state index in [9.17, 15) is 4.79 Å². The van der Waals surface area contributed by atoms with Gasteiger partial charge in [-0.3, -0.25) is 0 Å². The largest absolute Gasteiger partial charge is 0.477 e. The Labute approximate surface area is 129 Å². The SMILES string of the molecule is CC(C)(C)c1ccc(-c2ccc3[nH]c(C(=O)O)cc3c2)cc1. The molecule has 1 heterocycles. The highest BCUT2D eigenvalue weighted by Crippen LogP contribution is 2.28. The maximum Gasteiger partial charge on any atom is 0.352 e. The van der Waals surface area contributed by atoms with Crippen molar-refractivity contribution in [2.45, 2.75) is 26.2 Å². The molecule has 112 valence electrons. The number of carboxylic acid groups (broad SMARTS) is 1. The van der Waals surface area contributed by atoms with Crippen LogP contribution in [0.3, 0.4) is 0 Å². The number of H-pyrrole nitrogens is 1. The van der Waals surface area contributed by atoms with Gasteiger partial charge in [0, 0.05) is 10.9 Å². The van der Waals surface area contributed by atoms with Crippen molar-refractivity contribution in [1.82, 2.24) is 4.98 Å². The minimum absolute atomic E-state index is 0.138. The van der Waals surface area contributed by atoms with Crippen LogP contribution in [-0.2, 0) is 5.41 Å². The Bertz CT molecular complexity index is 836. The molecule has 0 saturated heterocycles. The molecule has 3 rings (SSSR count). The average Bonchev–Trinajstić information content (AvgIpc) is 2.89. The van der Waals surface area contributed by atoms with Crippen LogP contribution in [0.1, 0.15) is 36.8 Å². The first-order chi connectivity index (χ1) is 10.3. The normalized spacial score (nSPS) is 11.8. The van der Waals surface area contributed by atoms with Crippen LogP contribution in [0, 0.1) is 0 Å². The molecule has 0 aliphatic heterocycles. The molecule has 1 aromatic heterocycles.